The van der Waals surface area contributed by atoms with Gasteiger partial charge in [0.25, 0.3) is 0 Å². The molecule has 3 atom stereocenters. The summed E-state index contributed by atoms with van der Waals surface area (Å²) in [6.45, 7) is 8.36. The van der Waals surface area contributed by atoms with Gasteiger partial charge in [0, 0.05) is 41.5 Å². The molecule has 0 saturated carbocycles. The molecule has 258 valence electrons. The number of hydrogen-bond acceptors (Lipinski definition) is 7. The second kappa shape index (κ2) is 14.2. The molecule has 1 aliphatic carbocycles. The second-order valence-electron chi connectivity index (χ2n) is 13.9. The van der Waals surface area contributed by atoms with Gasteiger partial charge >= 0.3 is 6.09 Å². The molecule has 2 N–H and O–H groups in total. The third-order valence-corrected chi connectivity index (χ3v) is 9.74. The van der Waals surface area contributed by atoms with Gasteiger partial charge in [-0.05, 0) is 96.9 Å². The van der Waals surface area contributed by atoms with Crippen molar-refractivity contribution in [3.05, 3.63) is 116 Å². The molecule has 6 rings (SSSR count). The summed E-state index contributed by atoms with van der Waals surface area (Å²) in [5.74, 6) is -0.388. The van der Waals surface area contributed by atoms with Crippen LogP contribution < -0.4 is 5.32 Å². The number of aryl methyl sites for hydroxylation is 3. The van der Waals surface area contributed by atoms with E-state index in [1.165, 1.54) is 4.90 Å². The first-order chi connectivity index (χ1) is 23.3. The van der Waals surface area contributed by atoms with E-state index in [1.807, 2.05) is 87.0 Å². The fourth-order valence-electron chi connectivity index (χ4n) is 6.79. The van der Waals surface area contributed by atoms with Gasteiger partial charge in [0.2, 0.25) is 5.91 Å². The molecule has 2 amide bonds. The number of carbonyl (C=O) groups excluding carboxylic acids is 2. The fourth-order valence-corrected chi connectivity index (χ4v) is 7.37. The Kier molecular flexibility index (Phi) is 10.2. The molecule has 3 heterocycles. The number of pyridine rings is 1. The topological polar surface area (TPSA) is 113 Å². The van der Waals surface area contributed by atoms with Crippen LogP contribution in [0, 0.1) is 6.92 Å². The highest BCUT2D eigenvalue weighted by Gasteiger charge is 2.42. The third-order valence-electron chi connectivity index (χ3n) is 9.07. The Balaban J connectivity index is 1.33. The predicted octanol–water partition coefficient (Wildman–Crippen LogP) is 5.82. The van der Waals surface area contributed by atoms with Crippen LogP contribution in [0.25, 0.3) is 0 Å². The molecular formula is C37H42BrClN6O4. The number of imidazole rings is 1. The van der Waals surface area contributed by atoms with Gasteiger partial charge < -0.3 is 19.7 Å². The third kappa shape index (κ3) is 8.01. The molecule has 1 saturated heterocycles. The Labute approximate surface area is 300 Å². The molecule has 4 aromatic rings. The first-order valence-corrected chi connectivity index (χ1v) is 17.7. The van der Waals surface area contributed by atoms with E-state index < -0.39 is 23.3 Å². The highest BCUT2D eigenvalue weighted by Crippen LogP contribution is 2.39. The largest absolute Gasteiger partial charge is 0.444 e. The number of nitrogens with one attached hydrogen (secondary N) is 1. The summed E-state index contributed by atoms with van der Waals surface area (Å²) in [5.41, 5.74) is 3.51. The van der Waals surface area contributed by atoms with E-state index in [0.29, 0.717) is 17.1 Å². The van der Waals surface area contributed by atoms with Crippen molar-refractivity contribution < 1.29 is 19.4 Å². The SMILES string of the molecule is Cc1cn(CC(O)(CNC(=O)[C@H]2CN(C3c4ccc(Cl)cc4CCc4cc(Br)cnc43)CCN2C(=O)OC(C)(C)C)c2ccccc2)cn1. The smallest absolute Gasteiger partial charge is 0.411 e. The van der Waals surface area contributed by atoms with Crippen LogP contribution in [-0.2, 0) is 34.5 Å². The highest BCUT2D eigenvalue weighted by atomic mass is 79.9. The quantitative estimate of drug-likeness (QED) is 0.245. The van der Waals surface area contributed by atoms with E-state index >= 15 is 0 Å². The number of aromatic nitrogens is 3. The van der Waals surface area contributed by atoms with Crippen molar-refractivity contribution in [3.63, 3.8) is 0 Å². The number of amides is 2. The fraction of sp³-hybridized carbons (Fsp3) is 0.405. The Hall–Kier alpha value is -3.77. The van der Waals surface area contributed by atoms with Crippen molar-refractivity contribution in [3.8, 4) is 0 Å². The van der Waals surface area contributed by atoms with Crippen molar-refractivity contribution in [2.24, 2.45) is 0 Å². The zero-order valence-electron chi connectivity index (χ0n) is 28.2. The number of rotatable bonds is 7. The average molecular weight is 750 g/mol. The van der Waals surface area contributed by atoms with Gasteiger partial charge in [-0.25, -0.2) is 9.78 Å². The Bertz CT molecular complexity index is 1780. The number of carbonyl (C=O) groups is 2. The second-order valence-corrected chi connectivity index (χ2v) is 15.3. The van der Waals surface area contributed by atoms with Crippen LogP contribution in [0.2, 0.25) is 5.02 Å². The van der Waals surface area contributed by atoms with E-state index in [0.717, 1.165) is 45.4 Å². The number of hydrogen-bond donors (Lipinski definition) is 2. The highest BCUT2D eigenvalue weighted by molar-refractivity contribution is 9.10. The molecule has 1 fully saturated rings. The molecule has 2 aliphatic rings. The van der Waals surface area contributed by atoms with Crippen molar-refractivity contribution in [1.29, 1.82) is 0 Å². The first-order valence-electron chi connectivity index (χ1n) is 16.5. The predicted molar refractivity (Wildman–Crippen MR) is 191 cm³/mol. The summed E-state index contributed by atoms with van der Waals surface area (Å²) in [6, 6.07) is 16.2. The molecular weight excluding hydrogens is 708 g/mol. The van der Waals surface area contributed by atoms with Crippen LogP contribution in [0.15, 0.2) is 77.8 Å². The van der Waals surface area contributed by atoms with E-state index in [-0.39, 0.29) is 38.1 Å². The minimum Gasteiger partial charge on any atom is -0.444 e. The number of benzene rings is 2. The normalized spacial score (nSPS) is 19.3. The minimum absolute atomic E-state index is 0.0884. The summed E-state index contributed by atoms with van der Waals surface area (Å²) in [7, 11) is 0. The lowest BCUT2D eigenvalue weighted by molar-refractivity contribution is -0.130. The summed E-state index contributed by atoms with van der Waals surface area (Å²) in [6.07, 6.45) is 6.35. The summed E-state index contributed by atoms with van der Waals surface area (Å²) < 4.78 is 8.50. The summed E-state index contributed by atoms with van der Waals surface area (Å²) in [5, 5.41) is 15.8. The standard InChI is InChI=1S/C37H42BrClN6O4/c1-24-19-43(23-42-24)22-37(48,27-8-6-5-7-9-27)21-41-34(46)31-20-44(14-15-45(31)35(47)49-36(2,3)4)33-30-13-12-29(39)17-25(30)10-11-26-16-28(38)18-40-32(26)33/h5-9,12-13,16-19,23,31,33,48H,10-11,14-15,20-22H2,1-4H3,(H,41,46)/t31-,33?,37?/m1/s1. The average Bonchev–Trinajstić information content (AvgIpc) is 3.40. The van der Waals surface area contributed by atoms with Crippen LogP contribution >= 0.6 is 27.5 Å². The van der Waals surface area contributed by atoms with Gasteiger partial charge in [0.05, 0.1) is 36.8 Å². The Morgan fingerprint density at radius 2 is 1.82 bits per heavy atom. The van der Waals surface area contributed by atoms with Crippen LogP contribution in [0.1, 0.15) is 60.5 Å². The number of ether oxygens (including phenoxy) is 1. The van der Waals surface area contributed by atoms with Crippen molar-refractivity contribution in [2.45, 2.75) is 70.4 Å². The van der Waals surface area contributed by atoms with E-state index in [9.17, 15) is 14.7 Å². The van der Waals surface area contributed by atoms with E-state index in [1.54, 1.807) is 12.5 Å². The number of aliphatic hydroxyl groups is 1. The number of halogens is 2. The van der Waals surface area contributed by atoms with Gasteiger partial charge in [-0.1, -0.05) is 48.0 Å². The zero-order chi connectivity index (χ0) is 34.9. The number of piperazine rings is 1. The lowest BCUT2D eigenvalue weighted by Crippen LogP contribution is -2.62. The van der Waals surface area contributed by atoms with Crippen molar-refractivity contribution in [2.75, 3.05) is 26.2 Å². The molecule has 10 nitrogen and oxygen atoms in total. The van der Waals surface area contributed by atoms with Gasteiger partial charge in [-0.3, -0.25) is 19.6 Å². The van der Waals surface area contributed by atoms with Gasteiger partial charge in [0.15, 0.2) is 0 Å². The van der Waals surface area contributed by atoms with E-state index in [2.05, 4.69) is 37.2 Å². The maximum atomic E-state index is 14.3. The van der Waals surface area contributed by atoms with Gasteiger partial charge in [-0.15, -0.1) is 0 Å². The molecule has 1 aliphatic heterocycles. The minimum atomic E-state index is -1.45. The molecule has 49 heavy (non-hydrogen) atoms. The molecule has 2 unspecified atom stereocenters. The molecule has 2 aromatic carbocycles. The van der Waals surface area contributed by atoms with Gasteiger partial charge in [-0.2, -0.15) is 0 Å². The Morgan fingerprint density at radius 3 is 2.53 bits per heavy atom. The maximum Gasteiger partial charge on any atom is 0.411 e. The monoisotopic (exact) mass is 748 g/mol. The molecule has 0 radical (unpaired) electrons. The molecule has 0 spiro atoms. The molecule has 12 heteroatoms. The van der Waals surface area contributed by atoms with E-state index in [4.69, 9.17) is 21.3 Å². The first kappa shape index (κ1) is 35.1. The molecule has 2 aromatic heterocycles. The summed E-state index contributed by atoms with van der Waals surface area (Å²) >= 11 is 10.1. The van der Waals surface area contributed by atoms with Gasteiger partial charge in [0.1, 0.15) is 17.2 Å². The summed E-state index contributed by atoms with van der Waals surface area (Å²) in [4.78, 5) is 40.9. The van der Waals surface area contributed by atoms with Crippen LogP contribution in [-0.4, -0.2) is 79.3 Å². The molecule has 0 bridgehead atoms. The lowest BCUT2D eigenvalue weighted by atomic mass is 9.93. The lowest BCUT2D eigenvalue weighted by Gasteiger charge is -2.44. The maximum absolute atomic E-state index is 14.3. The van der Waals surface area contributed by atoms with Crippen molar-refractivity contribution in [1.82, 2.24) is 29.7 Å². The van der Waals surface area contributed by atoms with Crippen LogP contribution in [0.3, 0.4) is 0 Å². The van der Waals surface area contributed by atoms with Crippen LogP contribution in [0.4, 0.5) is 4.79 Å². The number of nitrogens with zero attached hydrogens (tertiary/aromatic N) is 5. The zero-order valence-corrected chi connectivity index (χ0v) is 30.5. The van der Waals surface area contributed by atoms with Crippen molar-refractivity contribution >= 4 is 39.5 Å². The van der Waals surface area contributed by atoms with Crippen LogP contribution in [0.5, 0.6) is 0 Å². The number of fused-ring (bicyclic) bond motifs is 2. The Morgan fingerprint density at radius 1 is 1.06 bits per heavy atom.